The summed E-state index contributed by atoms with van der Waals surface area (Å²) >= 11 is 0. The normalized spacial score (nSPS) is 8.68. The van der Waals surface area contributed by atoms with E-state index < -0.39 is 42.5 Å². The third kappa shape index (κ3) is 18.2. The van der Waals surface area contributed by atoms with Gasteiger partial charge in [-0.05, 0) is 6.16 Å². The zero-order chi connectivity index (χ0) is 14.2. The van der Waals surface area contributed by atoms with E-state index in [1.54, 1.807) is 0 Å². The summed E-state index contributed by atoms with van der Waals surface area (Å²) in [5.74, 6) is -5.65. The first-order valence-electron chi connectivity index (χ1n) is 3.74. The second kappa shape index (κ2) is 13.2. The van der Waals surface area contributed by atoms with E-state index in [4.69, 9.17) is 25.2 Å². The molecule has 0 bridgehead atoms. The van der Waals surface area contributed by atoms with Gasteiger partial charge in [0.1, 0.15) is 0 Å². The molecule has 0 saturated carbocycles. The molecule has 0 rings (SSSR count). The Morgan fingerprint density at radius 2 is 1.05 bits per heavy atom. The average Bonchev–Trinajstić information content (AvgIpc) is 1.98. The average molecular weight is 330 g/mol. The molecule has 98 valence electrons. The zero-order valence-corrected chi connectivity index (χ0v) is 13.9. The smallest absolute Gasteiger partial charge is 0.652 e. The van der Waals surface area contributed by atoms with Gasteiger partial charge in [0.2, 0.25) is 0 Å². The molecule has 0 aromatic rings. The van der Waals surface area contributed by atoms with Crippen LogP contribution in [0.25, 0.3) is 0 Å². The topological polar surface area (TPSA) is 201 Å². The van der Waals surface area contributed by atoms with Gasteiger partial charge in [0.25, 0.3) is 0 Å². The molecule has 0 aliphatic carbocycles. The minimum Gasteiger partial charge on any atom is -0.652 e. The van der Waals surface area contributed by atoms with Crippen molar-refractivity contribution in [3.05, 3.63) is 0 Å². The Balaban J connectivity index is -0.000000165. The minimum absolute atomic E-state index is 0. The molecule has 0 aromatic carbocycles. The van der Waals surface area contributed by atoms with Crippen LogP contribution >= 0.6 is 0 Å². The zero-order valence-electron chi connectivity index (χ0n) is 9.49. The van der Waals surface area contributed by atoms with Crippen LogP contribution in [-0.4, -0.2) is 115 Å². The van der Waals surface area contributed by atoms with E-state index in [2.05, 4.69) is 0 Å². The molecule has 2 N–H and O–H groups in total. The van der Waals surface area contributed by atoms with Crippen LogP contribution in [-0.2, 0) is 14.4 Å². The summed E-state index contributed by atoms with van der Waals surface area (Å²) < 4.78 is 0. The van der Waals surface area contributed by atoms with Crippen molar-refractivity contribution in [2.24, 2.45) is 0 Å². The van der Waals surface area contributed by atoms with Crippen molar-refractivity contribution in [1.29, 1.82) is 0 Å². The van der Waals surface area contributed by atoms with Crippen molar-refractivity contribution in [3.8, 4) is 0 Å². The second-order valence-electron chi connectivity index (χ2n) is 2.68. The standard InChI is InChI=1S/C6H8O7.CH2O3.2Ca/c7-3(8)1-6(13,5(11)12)2-4(9)10;2-1(3)4;;/h13H,1-2H2,(H,7,8)(H,9,10)(H,11,12);(H2,2,3,4);;/q;;2*+2/p-4. The van der Waals surface area contributed by atoms with Gasteiger partial charge in [-0.2, -0.15) is 0 Å². The minimum atomic E-state index is -2.86. The van der Waals surface area contributed by atoms with Crippen LogP contribution < -0.4 is 20.4 Å². The number of hydrogen-bond donors (Lipinski definition) is 2. The number of aliphatic carboxylic acids is 3. The van der Waals surface area contributed by atoms with Gasteiger partial charge in [0.15, 0.2) is 5.60 Å². The number of aliphatic hydroxyl groups is 1. The van der Waals surface area contributed by atoms with Gasteiger partial charge < -0.3 is 45.0 Å². The van der Waals surface area contributed by atoms with Crippen LogP contribution in [0.1, 0.15) is 12.8 Å². The summed E-state index contributed by atoms with van der Waals surface area (Å²) in [6.07, 6.45) is -4.92. The third-order valence-corrected chi connectivity index (χ3v) is 1.27. The molecule has 0 saturated heterocycles. The van der Waals surface area contributed by atoms with Crippen molar-refractivity contribution >= 4 is 99.5 Å². The maximum atomic E-state index is 10.3. The molecule has 0 atom stereocenters. The summed E-state index contributed by atoms with van der Waals surface area (Å²) in [5.41, 5.74) is -2.86. The predicted octanol–water partition coefficient (Wildman–Crippen LogP) is -7.13. The summed E-state index contributed by atoms with van der Waals surface area (Å²) in [5, 5.41) is 53.9. The van der Waals surface area contributed by atoms with Crippen molar-refractivity contribution < 1.29 is 49.8 Å². The fraction of sp³-hybridized carbons (Fsp3) is 0.429. The SMILES string of the molecule is O=C([O-])CC(O)(CC(=O)[O-])C(=O)O.O=C([O-])[O-].[Ca+2].[Ca+2]. The molecule has 19 heavy (non-hydrogen) atoms. The Morgan fingerprint density at radius 1 is 0.842 bits per heavy atom. The van der Waals surface area contributed by atoms with Crippen LogP contribution in [0.2, 0.25) is 0 Å². The molecule has 0 fully saturated rings. The largest absolute Gasteiger partial charge is 2.00 e. The van der Waals surface area contributed by atoms with Crippen LogP contribution in [0.4, 0.5) is 4.79 Å². The van der Waals surface area contributed by atoms with Gasteiger partial charge in [-0.25, -0.2) is 4.79 Å². The Labute approximate surface area is 166 Å². The molecular weight excluding hydrogens is 324 g/mol. The van der Waals surface area contributed by atoms with E-state index in [0.717, 1.165) is 0 Å². The van der Waals surface area contributed by atoms with E-state index in [0.29, 0.717) is 0 Å². The fourth-order valence-corrected chi connectivity index (χ4v) is 0.691. The maximum Gasteiger partial charge on any atom is 2.00 e. The van der Waals surface area contributed by atoms with Gasteiger partial charge in [0, 0.05) is 24.8 Å². The fourth-order valence-electron chi connectivity index (χ4n) is 0.691. The van der Waals surface area contributed by atoms with E-state index in [9.17, 15) is 24.6 Å². The quantitative estimate of drug-likeness (QED) is 0.456. The summed E-state index contributed by atoms with van der Waals surface area (Å²) in [6, 6.07) is 0. The third-order valence-electron chi connectivity index (χ3n) is 1.27. The molecule has 0 heterocycles. The molecule has 0 amide bonds. The van der Waals surface area contributed by atoms with Crippen molar-refractivity contribution in [3.63, 3.8) is 0 Å². The van der Waals surface area contributed by atoms with Crippen LogP contribution in [0, 0.1) is 0 Å². The van der Waals surface area contributed by atoms with Gasteiger partial charge in [-0.15, -0.1) is 0 Å². The van der Waals surface area contributed by atoms with E-state index in [1.165, 1.54) is 0 Å². The second-order valence-corrected chi connectivity index (χ2v) is 2.68. The first-order valence-corrected chi connectivity index (χ1v) is 3.74. The van der Waals surface area contributed by atoms with Crippen LogP contribution in [0.3, 0.4) is 0 Å². The molecular formula is C7H6Ca2O10. The van der Waals surface area contributed by atoms with E-state index in [-0.39, 0.29) is 75.5 Å². The number of carboxylic acid groups (broad SMARTS) is 5. The van der Waals surface area contributed by atoms with Gasteiger partial charge >= 0.3 is 81.4 Å². The molecule has 0 aliphatic rings. The number of carboxylic acids is 3. The summed E-state index contributed by atoms with van der Waals surface area (Å²) in [4.78, 5) is 38.5. The molecule has 10 nitrogen and oxygen atoms in total. The van der Waals surface area contributed by atoms with Gasteiger partial charge in [-0.1, -0.05) is 0 Å². The number of rotatable bonds is 5. The Bertz CT molecular complexity index is 308. The van der Waals surface area contributed by atoms with Crippen molar-refractivity contribution in [2.75, 3.05) is 0 Å². The molecule has 0 aliphatic heterocycles. The van der Waals surface area contributed by atoms with Crippen molar-refractivity contribution in [1.82, 2.24) is 0 Å². The first kappa shape index (κ1) is 27.5. The Morgan fingerprint density at radius 3 is 1.16 bits per heavy atom. The van der Waals surface area contributed by atoms with Crippen LogP contribution in [0.5, 0.6) is 0 Å². The first-order chi connectivity index (χ1) is 7.51. The Kier molecular flexibility index (Phi) is 19.0. The maximum absolute atomic E-state index is 10.3. The molecule has 0 unspecified atom stereocenters. The molecule has 12 heteroatoms. The predicted molar refractivity (Wildman–Crippen MR) is 48.7 cm³/mol. The molecule has 0 spiro atoms. The number of carbonyl (C=O) groups is 4. The number of hydrogen-bond acceptors (Lipinski definition) is 9. The van der Waals surface area contributed by atoms with E-state index in [1.807, 2.05) is 0 Å². The van der Waals surface area contributed by atoms with Crippen LogP contribution in [0.15, 0.2) is 0 Å². The molecule has 0 radical (unpaired) electrons. The molecule has 0 aromatic heterocycles. The van der Waals surface area contributed by atoms with Gasteiger partial charge in [0.05, 0.1) is 0 Å². The van der Waals surface area contributed by atoms with Crippen molar-refractivity contribution in [2.45, 2.75) is 18.4 Å². The monoisotopic (exact) mass is 330 g/mol. The number of carbonyl (C=O) groups excluding carboxylic acids is 3. The van der Waals surface area contributed by atoms with E-state index >= 15 is 0 Å². The summed E-state index contributed by atoms with van der Waals surface area (Å²) in [6.45, 7) is 0. The van der Waals surface area contributed by atoms with Gasteiger partial charge in [-0.3, -0.25) is 0 Å². The Hall–Kier alpha value is 0.159. The summed E-state index contributed by atoms with van der Waals surface area (Å²) in [7, 11) is 0.